The van der Waals surface area contributed by atoms with E-state index < -0.39 is 0 Å². The molecule has 1 saturated heterocycles. The molecule has 1 heterocycles. The van der Waals surface area contributed by atoms with Crippen molar-refractivity contribution in [3.8, 4) is 0 Å². The molecule has 0 unspecified atom stereocenters. The van der Waals surface area contributed by atoms with E-state index in [4.69, 9.17) is 4.74 Å². The number of ether oxygens (including phenoxy) is 1. The molecule has 0 aliphatic carbocycles. The van der Waals surface area contributed by atoms with Gasteiger partial charge in [0, 0.05) is 26.2 Å². The lowest BCUT2D eigenvalue weighted by atomic mass is 10.3. The van der Waals surface area contributed by atoms with Gasteiger partial charge in [0.05, 0.1) is 13.2 Å². The third-order valence-corrected chi connectivity index (χ3v) is 1.81. The summed E-state index contributed by atoms with van der Waals surface area (Å²) in [5.74, 6) is -0.126. The molecule has 1 aliphatic rings. The topological polar surface area (TPSA) is 43.6 Å². The van der Waals surface area contributed by atoms with Gasteiger partial charge in [-0.25, -0.2) is 5.32 Å². The number of esters is 1. The minimum atomic E-state index is -0.126. The Hall–Kier alpha value is -0.610. The van der Waals surface area contributed by atoms with Crippen LogP contribution in [0.3, 0.4) is 0 Å². The van der Waals surface area contributed by atoms with Crippen LogP contribution in [0.25, 0.3) is 0 Å². The number of carbonyl (C=O) groups excluding carboxylic acids is 1. The second kappa shape index (κ2) is 5.11. The van der Waals surface area contributed by atoms with Gasteiger partial charge in [-0.15, -0.1) is 0 Å². The summed E-state index contributed by atoms with van der Waals surface area (Å²) in [5.41, 5.74) is 0. The molecule has 0 atom stereocenters. The van der Waals surface area contributed by atoms with Crippen molar-refractivity contribution in [1.29, 1.82) is 0 Å². The highest BCUT2D eigenvalue weighted by atomic mass is 16.5. The summed E-state index contributed by atoms with van der Waals surface area (Å²) in [6, 6.07) is 0. The Morgan fingerprint density at radius 3 is 2.75 bits per heavy atom. The molecule has 1 rings (SSSR count). The van der Waals surface area contributed by atoms with Gasteiger partial charge in [-0.1, -0.05) is 0 Å². The summed E-state index contributed by atoms with van der Waals surface area (Å²) >= 11 is 0. The van der Waals surface area contributed by atoms with Crippen molar-refractivity contribution >= 4 is 5.97 Å². The third-order valence-electron chi connectivity index (χ3n) is 1.81. The zero-order valence-corrected chi connectivity index (χ0v) is 7.45. The van der Waals surface area contributed by atoms with Gasteiger partial charge < -0.3 is 4.74 Å². The summed E-state index contributed by atoms with van der Waals surface area (Å²) in [5, 5.41) is 4.19. The molecule has 0 saturated carbocycles. The molecule has 0 bridgehead atoms. The Bertz CT molecular complexity index is 144. The van der Waals surface area contributed by atoms with E-state index in [0.717, 1.165) is 26.2 Å². The fourth-order valence-electron chi connectivity index (χ4n) is 1.20. The van der Waals surface area contributed by atoms with Crippen LogP contribution in [-0.4, -0.2) is 50.2 Å². The fraction of sp³-hybridized carbons (Fsp3) is 0.875. The maximum Gasteiger partial charge on any atom is 0.320 e. The molecule has 1 aliphatic heterocycles. The lowest BCUT2D eigenvalue weighted by Gasteiger charge is -2.24. The average molecular weight is 171 g/mol. The van der Waals surface area contributed by atoms with Gasteiger partial charge in [0.2, 0.25) is 0 Å². The number of nitrogens with zero attached hydrogens (tertiary/aromatic N) is 2. The molecule has 0 aromatic carbocycles. The Kier molecular flexibility index (Phi) is 4.04. The Morgan fingerprint density at radius 1 is 1.50 bits per heavy atom. The number of rotatable bonds is 3. The van der Waals surface area contributed by atoms with Crippen LogP contribution in [0.15, 0.2) is 0 Å². The van der Waals surface area contributed by atoms with Gasteiger partial charge in [0.15, 0.2) is 0 Å². The molecule has 1 radical (unpaired) electrons. The molecule has 0 spiro atoms. The van der Waals surface area contributed by atoms with Crippen LogP contribution in [0.2, 0.25) is 0 Å². The van der Waals surface area contributed by atoms with Gasteiger partial charge in [0.1, 0.15) is 0 Å². The summed E-state index contributed by atoms with van der Waals surface area (Å²) in [6.07, 6.45) is 0. The van der Waals surface area contributed by atoms with Crippen LogP contribution < -0.4 is 5.32 Å². The summed E-state index contributed by atoms with van der Waals surface area (Å²) < 4.78 is 4.83. The summed E-state index contributed by atoms with van der Waals surface area (Å²) in [4.78, 5) is 13.1. The van der Waals surface area contributed by atoms with Crippen molar-refractivity contribution in [2.45, 2.75) is 6.92 Å². The Labute approximate surface area is 72.9 Å². The smallest absolute Gasteiger partial charge is 0.320 e. The van der Waals surface area contributed by atoms with Crippen molar-refractivity contribution < 1.29 is 9.53 Å². The molecular weight excluding hydrogens is 156 g/mol. The normalized spacial score (nSPS) is 19.1. The van der Waals surface area contributed by atoms with Crippen LogP contribution in [0, 0.1) is 0 Å². The first-order chi connectivity index (χ1) is 5.83. The van der Waals surface area contributed by atoms with Crippen LogP contribution in [0.5, 0.6) is 0 Å². The molecule has 0 aromatic rings. The Balaban J connectivity index is 2.15. The van der Waals surface area contributed by atoms with E-state index in [2.05, 4.69) is 10.2 Å². The largest absolute Gasteiger partial charge is 0.465 e. The van der Waals surface area contributed by atoms with Crippen molar-refractivity contribution in [1.82, 2.24) is 10.2 Å². The van der Waals surface area contributed by atoms with E-state index in [1.807, 2.05) is 6.92 Å². The first-order valence-electron chi connectivity index (χ1n) is 4.34. The molecule has 0 aromatic heterocycles. The SMILES string of the molecule is CCOC(=O)CN1CC[N]CC1. The standard InChI is InChI=1S/C8H15N2O2/c1-2-12-8(11)7-10-5-3-9-4-6-10/h2-7H2,1H3. The van der Waals surface area contributed by atoms with Gasteiger partial charge in [0.25, 0.3) is 0 Å². The van der Waals surface area contributed by atoms with E-state index in [9.17, 15) is 4.79 Å². The predicted molar refractivity (Wildman–Crippen MR) is 44.9 cm³/mol. The lowest BCUT2D eigenvalue weighted by Crippen LogP contribution is -2.43. The van der Waals surface area contributed by atoms with Crippen LogP contribution in [0.4, 0.5) is 0 Å². The number of piperazine rings is 1. The van der Waals surface area contributed by atoms with E-state index in [1.165, 1.54) is 0 Å². The van der Waals surface area contributed by atoms with Gasteiger partial charge >= 0.3 is 5.97 Å². The third kappa shape index (κ3) is 3.19. The fourth-order valence-corrected chi connectivity index (χ4v) is 1.20. The van der Waals surface area contributed by atoms with Gasteiger partial charge in [-0.3, -0.25) is 9.69 Å². The van der Waals surface area contributed by atoms with E-state index in [0.29, 0.717) is 13.2 Å². The second-order valence-corrected chi connectivity index (χ2v) is 2.75. The molecule has 1 fully saturated rings. The van der Waals surface area contributed by atoms with Crippen molar-refractivity contribution in [2.24, 2.45) is 0 Å². The number of hydrogen-bond acceptors (Lipinski definition) is 3. The van der Waals surface area contributed by atoms with Gasteiger partial charge in [-0.2, -0.15) is 0 Å². The van der Waals surface area contributed by atoms with Gasteiger partial charge in [-0.05, 0) is 6.92 Å². The number of hydrogen-bond donors (Lipinski definition) is 0. The second-order valence-electron chi connectivity index (χ2n) is 2.75. The zero-order valence-electron chi connectivity index (χ0n) is 7.45. The highest BCUT2D eigenvalue weighted by molar-refractivity contribution is 5.71. The molecular formula is C8H15N2O2. The number of carbonyl (C=O) groups is 1. The summed E-state index contributed by atoms with van der Waals surface area (Å²) in [6.45, 7) is 6.18. The van der Waals surface area contributed by atoms with Crippen molar-refractivity contribution in [2.75, 3.05) is 39.3 Å². The average Bonchev–Trinajstić information content (AvgIpc) is 2.06. The molecule has 0 amide bonds. The molecule has 4 heteroatoms. The maximum absolute atomic E-state index is 11.0. The molecule has 0 N–H and O–H groups in total. The predicted octanol–water partition coefficient (Wildman–Crippen LogP) is -0.530. The van der Waals surface area contributed by atoms with Crippen LogP contribution >= 0.6 is 0 Å². The summed E-state index contributed by atoms with van der Waals surface area (Å²) in [7, 11) is 0. The first kappa shape index (κ1) is 9.48. The van der Waals surface area contributed by atoms with E-state index in [-0.39, 0.29) is 5.97 Å². The highest BCUT2D eigenvalue weighted by Gasteiger charge is 2.13. The molecule has 69 valence electrons. The maximum atomic E-state index is 11.0. The van der Waals surface area contributed by atoms with Crippen molar-refractivity contribution in [3.05, 3.63) is 0 Å². The molecule has 4 nitrogen and oxygen atoms in total. The first-order valence-corrected chi connectivity index (χ1v) is 4.34. The molecule has 12 heavy (non-hydrogen) atoms. The Morgan fingerprint density at radius 2 is 2.17 bits per heavy atom. The van der Waals surface area contributed by atoms with E-state index >= 15 is 0 Å². The minimum Gasteiger partial charge on any atom is -0.465 e. The van der Waals surface area contributed by atoms with Crippen LogP contribution in [0.1, 0.15) is 6.92 Å². The van der Waals surface area contributed by atoms with Crippen LogP contribution in [-0.2, 0) is 9.53 Å². The zero-order chi connectivity index (χ0) is 8.81. The monoisotopic (exact) mass is 171 g/mol. The van der Waals surface area contributed by atoms with Crippen molar-refractivity contribution in [3.63, 3.8) is 0 Å². The lowest BCUT2D eigenvalue weighted by molar-refractivity contribution is -0.144. The van der Waals surface area contributed by atoms with E-state index in [1.54, 1.807) is 0 Å². The minimum absolute atomic E-state index is 0.126. The highest BCUT2D eigenvalue weighted by Crippen LogP contribution is 1.93. The quantitative estimate of drug-likeness (QED) is 0.536.